The largest absolute Gasteiger partial charge is 0.457 e. The minimum Gasteiger partial charge on any atom is -0.457 e. The van der Waals surface area contributed by atoms with Crippen molar-refractivity contribution in [1.29, 1.82) is 0 Å². The van der Waals surface area contributed by atoms with Gasteiger partial charge < -0.3 is 4.74 Å². The summed E-state index contributed by atoms with van der Waals surface area (Å²) in [4.78, 5) is 10.7. The molecule has 256 valence electrons. The van der Waals surface area contributed by atoms with Crippen LogP contribution >= 0.6 is 0 Å². The van der Waals surface area contributed by atoms with Crippen molar-refractivity contribution in [2.75, 3.05) is 0 Å². The predicted octanol–water partition coefficient (Wildman–Crippen LogP) is 12.5. The van der Waals surface area contributed by atoms with Crippen molar-refractivity contribution in [2.45, 2.75) is 5.41 Å². The third-order valence-corrected chi connectivity index (χ3v) is 11.7. The molecule has 0 amide bonds. The van der Waals surface area contributed by atoms with Gasteiger partial charge in [0.1, 0.15) is 11.5 Å². The van der Waals surface area contributed by atoms with E-state index in [0.29, 0.717) is 5.95 Å². The van der Waals surface area contributed by atoms with Crippen LogP contribution in [0.15, 0.2) is 188 Å². The second kappa shape index (κ2) is 11.3. The quantitative estimate of drug-likeness (QED) is 0.184. The van der Waals surface area contributed by atoms with Crippen molar-refractivity contribution in [2.24, 2.45) is 0 Å². The van der Waals surface area contributed by atoms with Crippen LogP contribution in [0.2, 0.25) is 0 Å². The van der Waals surface area contributed by atoms with Gasteiger partial charge in [0.05, 0.1) is 27.7 Å². The summed E-state index contributed by atoms with van der Waals surface area (Å²) in [6.45, 7) is 0. The first kappa shape index (κ1) is 30.2. The van der Waals surface area contributed by atoms with E-state index in [1.54, 1.807) is 0 Å². The highest BCUT2D eigenvalue weighted by Crippen LogP contribution is 2.62. The lowest BCUT2D eigenvalue weighted by Crippen LogP contribution is -2.32. The van der Waals surface area contributed by atoms with Crippen molar-refractivity contribution in [1.82, 2.24) is 14.5 Å². The second-order valence-corrected chi connectivity index (χ2v) is 14.5. The molecule has 55 heavy (non-hydrogen) atoms. The number of fused-ring (bicyclic) bond motifs is 13. The minimum atomic E-state index is -0.548. The smallest absolute Gasteiger partial charge is 0.235 e. The van der Waals surface area contributed by atoms with Gasteiger partial charge in [-0.2, -0.15) is 0 Å². The summed E-state index contributed by atoms with van der Waals surface area (Å²) in [6.07, 6.45) is 0. The number of ether oxygens (including phenoxy) is 1. The van der Waals surface area contributed by atoms with E-state index in [1.165, 1.54) is 33.4 Å². The molecule has 0 fully saturated rings. The maximum absolute atomic E-state index is 6.95. The summed E-state index contributed by atoms with van der Waals surface area (Å²) in [5, 5.41) is 3.28. The monoisotopic (exact) mass is 701 g/mol. The van der Waals surface area contributed by atoms with Crippen LogP contribution in [0.4, 0.5) is 0 Å². The number of aromatic nitrogens is 3. The first-order valence-corrected chi connectivity index (χ1v) is 18.7. The molecule has 0 saturated heterocycles. The zero-order valence-corrected chi connectivity index (χ0v) is 29.6. The molecule has 4 heteroatoms. The molecule has 0 N–H and O–H groups in total. The Morgan fingerprint density at radius 2 is 1.00 bits per heavy atom. The van der Waals surface area contributed by atoms with Gasteiger partial charge in [-0.05, 0) is 57.6 Å². The molecule has 8 aromatic carbocycles. The van der Waals surface area contributed by atoms with Crippen LogP contribution in [0.25, 0.3) is 72.2 Å². The minimum absolute atomic E-state index is 0.548. The Morgan fingerprint density at radius 1 is 0.400 bits per heavy atom. The molecule has 0 unspecified atom stereocenters. The van der Waals surface area contributed by atoms with Gasteiger partial charge in [0, 0.05) is 38.9 Å². The average molecular weight is 702 g/mol. The van der Waals surface area contributed by atoms with E-state index in [9.17, 15) is 0 Å². The zero-order valence-electron chi connectivity index (χ0n) is 29.6. The Kier molecular flexibility index (Phi) is 6.23. The molecule has 0 saturated carbocycles. The zero-order chi connectivity index (χ0) is 36.1. The lowest BCUT2D eigenvalue weighted by Gasteiger charge is -2.39. The molecule has 0 atom stereocenters. The number of nitrogens with zero attached hydrogens (tertiary/aromatic N) is 3. The van der Waals surface area contributed by atoms with E-state index in [0.717, 1.165) is 66.6 Å². The molecular formula is C51H31N3O. The van der Waals surface area contributed by atoms with Crippen molar-refractivity contribution in [3.63, 3.8) is 0 Å². The number of para-hydroxylation sites is 3. The highest BCUT2D eigenvalue weighted by atomic mass is 16.5. The van der Waals surface area contributed by atoms with Gasteiger partial charge in [-0.25, -0.2) is 9.97 Å². The van der Waals surface area contributed by atoms with Crippen LogP contribution in [0.3, 0.4) is 0 Å². The van der Waals surface area contributed by atoms with E-state index in [1.807, 2.05) is 12.1 Å². The Labute approximate surface area is 317 Å². The number of hydrogen-bond donors (Lipinski definition) is 0. The maximum atomic E-state index is 6.95. The third-order valence-electron chi connectivity index (χ3n) is 11.7. The number of hydrogen-bond acceptors (Lipinski definition) is 3. The highest BCUT2D eigenvalue weighted by Gasteiger charge is 2.51. The summed E-state index contributed by atoms with van der Waals surface area (Å²) in [5.74, 6) is 2.32. The maximum Gasteiger partial charge on any atom is 0.235 e. The van der Waals surface area contributed by atoms with Crippen molar-refractivity contribution in [3.05, 3.63) is 210 Å². The van der Waals surface area contributed by atoms with E-state index < -0.39 is 5.41 Å². The summed E-state index contributed by atoms with van der Waals surface area (Å²) in [6, 6.07) is 67.0. The molecule has 1 aliphatic heterocycles. The molecular weight excluding hydrogens is 671 g/mol. The molecule has 1 spiro atoms. The molecule has 12 rings (SSSR count). The van der Waals surface area contributed by atoms with Gasteiger partial charge in [0.2, 0.25) is 5.95 Å². The van der Waals surface area contributed by atoms with Crippen LogP contribution in [0.5, 0.6) is 11.5 Å². The SMILES string of the molecule is c1ccc(-c2ccc(-c3nc(-n4c5ccccc5c5cc6c(cc54)Oc4ccccc4C64c5ccccc5-c5ccccc54)nc4ccccc34)cc2)cc1. The van der Waals surface area contributed by atoms with Crippen LogP contribution in [0.1, 0.15) is 22.3 Å². The van der Waals surface area contributed by atoms with Crippen molar-refractivity contribution in [3.8, 4) is 51.0 Å². The molecule has 10 aromatic rings. The van der Waals surface area contributed by atoms with Crippen LogP contribution in [-0.4, -0.2) is 14.5 Å². The Balaban J connectivity index is 1.13. The van der Waals surface area contributed by atoms with Gasteiger partial charge in [-0.15, -0.1) is 0 Å². The Bertz CT molecular complexity index is 3130. The molecule has 4 nitrogen and oxygen atoms in total. The van der Waals surface area contributed by atoms with Crippen LogP contribution < -0.4 is 4.74 Å². The predicted molar refractivity (Wildman–Crippen MR) is 222 cm³/mol. The standard InChI is InChI=1S/C51H31N3O/c1-2-14-32(15-3-1)33-26-28-34(29-27-33)49-38-19-6-11-23-44(38)52-50(53-49)54-45-24-12-7-18-37(45)39-30-43-48(31-46(39)54)55-47-25-13-10-22-42(47)51(43)40-20-8-4-16-35(40)36-17-5-9-21-41(36)51/h1-31H. The lowest BCUT2D eigenvalue weighted by molar-refractivity contribution is 0.437. The first-order valence-electron chi connectivity index (χ1n) is 18.7. The summed E-state index contributed by atoms with van der Waals surface area (Å²) >= 11 is 0. The number of benzene rings is 8. The molecule has 0 radical (unpaired) electrons. The van der Waals surface area contributed by atoms with Crippen molar-refractivity contribution < 1.29 is 4.74 Å². The lowest BCUT2D eigenvalue weighted by atomic mass is 9.66. The molecule has 3 heterocycles. The van der Waals surface area contributed by atoms with Gasteiger partial charge in [-0.1, -0.05) is 158 Å². The summed E-state index contributed by atoms with van der Waals surface area (Å²) < 4.78 is 9.16. The normalized spacial score (nSPS) is 13.4. The third kappa shape index (κ3) is 4.16. The molecule has 2 aromatic heterocycles. The molecule has 1 aliphatic carbocycles. The first-order chi connectivity index (χ1) is 27.3. The van der Waals surface area contributed by atoms with E-state index in [2.05, 4.69) is 180 Å². The van der Waals surface area contributed by atoms with E-state index >= 15 is 0 Å². The summed E-state index contributed by atoms with van der Waals surface area (Å²) in [7, 11) is 0. The second-order valence-electron chi connectivity index (χ2n) is 14.5. The van der Waals surface area contributed by atoms with Crippen molar-refractivity contribution >= 4 is 32.7 Å². The Morgan fingerprint density at radius 3 is 1.78 bits per heavy atom. The fourth-order valence-electron chi connectivity index (χ4n) is 9.37. The molecule has 2 aliphatic rings. The van der Waals surface area contributed by atoms with E-state index in [4.69, 9.17) is 14.7 Å². The van der Waals surface area contributed by atoms with Gasteiger partial charge in [-0.3, -0.25) is 4.57 Å². The number of rotatable bonds is 3. The van der Waals surface area contributed by atoms with Crippen LogP contribution in [-0.2, 0) is 5.41 Å². The van der Waals surface area contributed by atoms with Gasteiger partial charge in [0.25, 0.3) is 0 Å². The fourth-order valence-corrected chi connectivity index (χ4v) is 9.37. The Hall–Kier alpha value is -7.30. The van der Waals surface area contributed by atoms with Gasteiger partial charge in [0.15, 0.2) is 0 Å². The fraction of sp³-hybridized carbons (Fsp3) is 0.0196. The topological polar surface area (TPSA) is 39.9 Å². The van der Waals surface area contributed by atoms with Gasteiger partial charge >= 0.3 is 0 Å². The average Bonchev–Trinajstić information content (AvgIpc) is 3.73. The van der Waals surface area contributed by atoms with Crippen LogP contribution in [0, 0.1) is 0 Å². The molecule has 0 bridgehead atoms. The highest BCUT2D eigenvalue weighted by molar-refractivity contribution is 6.10. The van der Waals surface area contributed by atoms with E-state index in [-0.39, 0.29) is 0 Å². The summed E-state index contributed by atoms with van der Waals surface area (Å²) in [5.41, 5.74) is 14.0.